The van der Waals surface area contributed by atoms with E-state index in [4.69, 9.17) is 0 Å². The number of rotatable bonds is 8. The number of hydrogen-bond donors (Lipinski definition) is 2. The topological polar surface area (TPSA) is 81.1 Å². The minimum atomic E-state index is -3.31. The summed E-state index contributed by atoms with van der Waals surface area (Å²) in [6.07, 6.45) is 1.98. The first-order valence-corrected chi connectivity index (χ1v) is 8.84. The van der Waals surface area contributed by atoms with Crippen molar-refractivity contribution < 1.29 is 19.5 Å². The van der Waals surface area contributed by atoms with Crippen molar-refractivity contribution in [1.82, 2.24) is 9.96 Å². The van der Waals surface area contributed by atoms with Crippen molar-refractivity contribution >= 4 is 13.8 Å². The van der Waals surface area contributed by atoms with Gasteiger partial charge in [-0.25, -0.2) is 5.06 Å². The van der Waals surface area contributed by atoms with Gasteiger partial charge >= 0.3 is 0 Å². The van der Waals surface area contributed by atoms with Gasteiger partial charge in [-0.05, 0) is 31.6 Å². The molecule has 3 unspecified atom stereocenters. The minimum absolute atomic E-state index is 0.0389. The molecule has 1 saturated carbocycles. The molecular weight excluding hydrogens is 267 g/mol. The Morgan fingerprint density at radius 2 is 1.89 bits per heavy atom. The number of nitrogens with zero attached hydrogens (tertiary/aromatic N) is 2. The number of carbonyl (C=O) groups excluding carboxylic acids is 1. The molecule has 0 aromatic rings. The lowest BCUT2D eigenvalue weighted by Crippen LogP contribution is -2.53. The van der Waals surface area contributed by atoms with Crippen LogP contribution in [-0.2, 0) is 9.36 Å². The van der Waals surface area contributed by atoms with Crippen LogP contribution in [-0.4, -0.2) is 51.6 Å². The summed E-state index contributed by atoms with van der Waals surface area (Å²) >= 11 is 0. The summed E-state index contributed by atoms with van der Waals surface area (Å²) in [6, 6.07) is 0. The molecular formula is C12H25N2O4P. The van der Waals surface area contributed by atoms with Crippen LogP contribution in [0, 0.1) is 11.8 Å². The third kappa shape index (κ3) is 4.56. The zero-order chi connectivity index (χ0) is 14.8. The quantitative estimate of drug-likeness (QED) is 0.234. The molecule has 1 fully saturated rings. The first-order valence-electron chi connectivity index (χ1n) is 6.66. The Morgan fingerprint density at radius 3 is 2.21 bits per heavy atom. The van der Waals surface area contributed by atoms with E-state index in [0.717, 1.165) is 12.8 Å². The summed E-state index contributed by atoms with van der Waals surface area (Å²) in [5.41, 5.74) is 0. The van der Waals surface area contributed by atoms with E-state index in [1.54, 1.807) is 11.8 Å². The van der Waals surface area contributed by atoms with Gasteiger partial charge in [-0.2, -0.15) is 0 Å². The lowest BCUT2D eigenvalue weighted by Gasteiger charge is -2.41. The molecule has 0 aromatic heterocycles. The van der Waals surface area contributed by atoms with E-state index in [1.165, 1.54) is 6.66 Å². The second-order valence-electron chi connectivity index (χ2n) is 5.86. The Hall–Kier alpha value is -0.420. The second-order valence-corrected chi connectivity index (χ2v) is 8.49. The molecule has 0 aliphatic heterocycles. The van der Waals surface area contributed by atoms with E-state index in [2.05, 4.69) is 0 Å². The number of hydrogen-bond acceptors (Lipinski definition) is 4. The zero-order valence-corrected chi connectivity index (χ0v) is 13.0. The highest BCUT2D eigenvalue weighted by Gasteiger charge is 2.39. The molecule has 0 saturated heterocycles. The minimum Gasteiger partial charge on any atom is -0.343 e. The second kappa shape index (κ2) is 6.35. The van der Waals surface area contributed by atoms with Gasteiger partial charge in [-0.3, -0.25) is 19.5 Å². The maximum absolute atomic E-state index is 11.9. The molecule has 3 atom stereocenters. The Morgan fingerprint density at radius 1 is 1.37 bits per heavy atom. The largest absolute Gasteiger partial charge is 0.343 e. The lowest BCUT2D eigenvalue weighted by atomic mass is 10.1. The van der Waals surface area contributed by atoms with Crippen molar-refractivity contribution in [3.8, 4) is 0 Å². The molecule has 1 amide bonds. The maximum Gasteiger partial charge on any atom is 0.234 e. The van der Waals surface area contributed by atoms with Crippen molar-refractivity contribution in [2.45, 2.75) is 45.6 Å². The van der Waals surface area contributed by atoms with Crippen molar-refractivity contribution in [2.75, 3.05) is 13.2 Å². The molecule has 6 nitrogen and oxygen atoms in total. The third-order valence-electron chi connectivity index (χ3n) is 3.65. The average Bonchev–Trinajstić information content (AvgIpc) is 3.09. The van der Waals surface area contributed by atoms with Gasteiger partial charge in [0, 0.05) is 13.2 Å². The first-order chi connectivity index (χ1) is 8.68. The molecule has 19 heavy (non-hydrogen) atoms. The van der Waals surface area contributed by atoms with E-state index in [-0.39, 0.29) is 5.92 Å². The summed E-state index contributed by atoms with van der Waals surface area (Å²) in [5, 5.41) is 10.4. The fraction of sp³-hybridized carbons (Fsp3) is 0.917. The molecule has 1 aliphatic carbocycles. The van der Waals surface area contributed by atoms with Gasteiger partial charge in [0.2, 0.25) is 13.8 Å². The number of carbonyl (C=O) groups is 1. The molecule has 112 valence electrons. The first kappa shape index (κ1) is 16.6. The highest BCUT2D eigenvalue weighted by molar-refractivity contribution is 7.57. The van der Waals surface area contributed by atoms with Gasteiger partial charge < -0.3 is 4.89 Å². The predicted octanol–water partition coefficient (Wildman–Crippen LogP) is 1.77. The van der Waals surface area contributed by atoms with Crippen molar-refractivity contribution in [3.05, 3.63) is 0 Å². The van der Waals surface area contributed by atoms with Gasteiger partial charge in [-0.1, -0.05) is 13.8 Å². The van der Waals surface area contributed by atoms with E-state index in [0.29, 0.717) is 23.9 Å². The van der Waals surface area contributed by atoms with E-state index < -0.39 is 19.3 Å². The van der Waals surface area contributed by atoms with Gasteiger partial charge in [0.05, 0.1) is 5.78 Å². The Bertz CT molecular complexity index is 354. The monoisotopic (exact) mass is 292 g/mol. The maximum atomic E-state index is 11.9. The van der Waals surface area contributed by atoms with E-state index in [1.807, 2.05) is 13.8 Å². The summed E-state index contributed by atoms with van der Waals surface area (Å²) in [5.74, 6) is -0.131. The molecule has 0 radical (unpaired) electrons. The fourth-order valence-corrected chi connectivity index (χ4v) is 3.04. The predicted molar refractivity (Wildman–Crippen MR) is 73.0 cm³/mol. The summed E-state index contributed by atoms with van der Waals surface area (Å²) < 4.78 is 11.9. The van der Waals surface area contributed by atoms with Gasteiger partial charge in [0.1, 0.15) is 6.17 Å². The van der Waals surface area contributed by atoms with E-state index in [9.17, 15) is 19.5 Å². The Labute approximate surface area is 114 Å². The smallest absolute Gasteiger partial charge is 0.234 e. The van der Waals surface area contributed by atoms with E-state index >= 15 is 0 Å². The molecule has 1 rings (SSSR count). The van der Waals surface area contributed by atoms with Crippen LogP contribution in [0.4, 0.5) is 0 Å². The Kier molecular flexibility index (Phi) is 5.56. The third-order valence-corrected chi connectivity index (χ3v) is 5.34. The Balaban J connectivity index is 2.97. The van der Waals surface area contributed by atoms with Crippen LogP contribution in [0.5, 0.6) is 0 Å². The van der Waals surface area contributed by atoms with Gasteiger partial charge in [0.25, 0.3) is 0 Å². The van der Waals surface area contributed by atoms with Crippen LogP contribution in [0.1, 0.15) is 33.6 Å². The standard InChI is InChI=1S/C12H25N2O4P/c1-9(2)12(14(16)8-15)13(7-11-5-6-11)10(3)19(4,17)18/h8-12,16H,5-7H2,1-4H3,(H,17,18). The molecule has 7 heteroatoms. The molecule has 0 aromatic carbocycles. The van der Waals surface area contributed by atoms with Crippen LogP contribution in [0.2, 0.25) is 0 Å². The van der Waals surface area contributed by atoms with Crippen LogP contribution < -0.4 is 0 Å². The number of amides is 1. The highest BCUT2D eigenvalue weighted by Crippen LogP contribution is 2.46. The summed E-state index contributed by atoms with van der Waals surface area (Å²) in [7, 11) is -3.31. The highest BCUT2D eigenvalue weighted by atomic mass is 31.2. The molecule has 0 heterocycles. The van der Waals surface area contributed by atoms with Crippen LogP contribution in [0.25, 0.3) is 0 Å². The fourth-order valence-electron chi connectivity index (χ4n) is 2.26. The summed E-state index contributed by atoms with van der Waals surface area (Å²) in [4.78, 5) is 22.4. The van der Waals surface area contributed by atoms with Crippen molar-refractivity contribution in [1.29, 1.82) is 0 Å². The van der Waals surface area contributed by atoms with Crippen molar-refractivity contribution in [3.63, 3.8) is 0 Å². The summed E-state index contributed by atoms with van der Waals surface area (Å²) in [6.45, 7) is 7.38. The van der Waals surface area contributed by atoms with Crippen LogP contribution in [0.3, 0.4) is 0 Å². The van der Waals surface area contributed by atoms with Crippen LogP contribution >= 0.6 is 7.37 Å². The normalized spacial score (nSPS) is 22.1. The SMILES string of the molecule is CC(C)C(N(O)C=O)N(CC1CC1)C(C)P(C)(=O)O. The average molecular weight is 292 g/mol. The molecule has 1 aliphatic rings. The van der Waals surface area contributed by atoms with Crippen LogP contribution in [0.15, 0.2) is 0 Å². The molecule has 2 N–H and O–H groups in total. The van der Waals surface area contributed by atoms with Gasteiger partial charge in [-0.15, -0.1) is 0 Å². The number of hydroxylamine groups is 2. The van der Waals surface area contributed by atoms with Gasteiger partial charge in [0.15, 0.2) is 0 Å². The zero-order valence-electron chi connectivity index (χ0n) is 12.1. The lowest BCUT2D eigenvalue weighted by molar-refractivity contribution is -0.188. The van der Waals surface area contributed by atoms with Crippen molar-refractivity contribution in [2.24, 2.45) is 11.8 Å². The molecule has 0 bridgehead atoms. The molecule has 0 spiro atoms.